The van der Waals surface area contributed by atoms with Crippen LogP contribution in [0.25, 0.3) is 0 Å². The molecule has 1 aliphatic rings. The highest BCUT2D eigenvalue weighted by molar-refractivity contribution is 5.79. The first kappa shape index (κ1) is 24.3. The fourth-order valence-electron chi connectivity index (χ4n) is 4.23. The molecule has 174 valence electrons. The van der Waals surface area contributed by atoms with Gasteiger partial charge in [0.15, 0.2) is 0 Å². The topological polar surface area (TPSA) is 26.8 Å². The van der Waals surface area contributed by atoms with Gasteiger partial charge in [0.05, 0.1) is 6.42 Å². The molecule has 1 heterocycles. The zero-order valence-electron chi connectivity index (χ0n) is 18.9. The summed E-state index contributed by atoms with van der Waals surface area (Å²) in [5.41, 5.74) is 0.487. The van der Waals surface area contributed by atoms with Crippen LogP contribution in [0.15, 0.2) is 42.5 Å². The van der Waals surface area contributed by atoms with Crippen LogP contribution in [-0.2, 0) is 17.8 Å². The lowest BCUT2D eigenvalue weighted by molar-refractivity contribution is -0.131. The Morgan fingerprint density at radius 3 is 2.38 bits per heavy atom. The van der Waals surface area contributed by atoms with E-state index >= 15 is 0 Å². The second kappa shape index (κ2) is 11.5. The van der Waals surface area contributed by atoms with E-state index < -0.39 is 11.6 Å². The molecule has 0 unspecified atom stereocenters. The summed E-state index contributed by atoms with van der Waals surface area (Å²) in [6, 6.07) is 10.5. The van der Waals surface area contributed by atoms with Crippen LogP contribution < -0.4 is 0 Å². The van der Waals surface area contributed by atoms with Gasteiger partial charge in [-0.1, -0.05) is 24.3 Å². The maximum absolute atomic E-state index is 14.1. The van der Waals surface area contributed by atoms with Gasteiger partial charge in [-0.05, 0) is 57.6 Å². The molecule has 7 heteroatoms. The number of hydrogen-bond donors (Lipinski definition) is 0. The Morgan fingerprint density at radius 1 is 1.00 bits per heavy atom. The average Bonchev–Trinajstić information content (AvgIpc) is 2.75. The van der Waals surface area contributed by atoms with E-state index in [1.54, 1.807) is 17.0 Å². The van der Waals surface area contributed by atoms with E-state index in [4.69, 9.17) is 0 Å². The largest absolute Gasteiger partial charge is 0.341 e. The van der Waals surface area contributed by atoms with Gasteiger partial charge in [-0.3, -0.25) is 9.69 Å². The first-order chi connectivity index (χ1) is 15.3. The molecule has 1 amide bonds. The van der Waals surface area contributed by atoms with Gasteiger partial charge in [-0.2, -0.15) is 0 Å². The van der Waals surface area contributed by atoms with E-state index in [1.165, 1.54) is 24.3 Å². The molecule has 2 aromatic carbocycles. The van der Waals surface area contributed by atoms with Crippen molar-refractivity contribution in [2.45, 2.75) is 25.8 Å². The van der Waals surface area contributed by atoms with E-state index in [2.05, 4.69) is 4.90 Å². The van der Waals surface area contributed by atoms with Crippen LogP contribution in [0, 0.1) is 23.4 Å². The summed E-state index contributed by atoms with van der Waals surface area (Å²) >= 11 is 0. The third-order valence-electron chi connectivity index (χ3n) is 5.99. The van der Waals surface area contributed by atoms with Gasteiger partial charge in [0, 0.05) is 43.9 Å². The Kier molecular flexibility index (Phi) is 8.70. The number of carbonyl (C=O) groups is 1. The monoisotopic (exact) mass is 447 g/mol. The molecule has 1 saturated heterocycles. The summed E-state index contributed by atoms with van der Waals surface area (Å²) in [7, 11) is 3.85. The molecule has 0 N–H and O–H groups in total. The van der Waals surface area contributed by atoms with Gasteiger partial charge in [0.2, 0.25) is 5.91 Å². The van der Waals surface area contributed by atoms with Gasteiger partial charge in [-0.15, -0.1) is 0 Å². The number of rotatable bonds is 9. The van der Waals surface area contributed by atoms with Crippen molar-refractivity contribution in [1.82, 2.24) is 14.7 Å². The molecule has 1 atom stereocenters. The first-order valence-corrected chi connectivity index (χ1v) is 11.1. The maximum Gasteiger partial charge on any atom is 0.227 e. The normalized spacial score (nSPS) is 17.0. The zero-order chi connectivity index (χ0) is 23.1. The second-order valence-corrected chi connectivity index (χ2v) is 8.85. The van der Waals surface area contributed by atoms with Crippen molar-refractivity contribution in [3.05, 3.63) is 71.0 Å². The van der Waals surface area contributed by atoms with Crippen LogP contribution in [-0.4, -0.2) is 67.4 Å². The van der Waals surface area contributed by atoms with Crippen LogP contribution in [0.5, 0.6) is 0 Å². The molecule has 0 bridgehead atoms. The molecule has 0 spiro atoms. The molecule has 0 aromatic heterocycles. The number of likely N-dealkylation sites (tertiary alicyclic amines) is 1. The Bertz CT molecular complexity index is 886. The van der Waals surface area contributed by atoms with Gasteiger partial charge in [0.25, 0.3) is 0 Å². The molecule has 0 saturated carbocycles. The summed E-state index contributed by atoms with van der Waals surface area (Å²) < 4.78 is 42.2. The number of likely N-dealkylation sites (N-methyl/N-ethyl adjacent to an activating group) is 1. The van der Waals surface area contributed by atoms with Crippen molar-refractivity contribution in [2.24, 2.45) is 5.92 Å². The fraction of sp³-hybridized carbons (Fsp3) is 0.480. The molecular formula is C25H32F3N3O. The van der Waals surface area contributed by atoms with E-state index in [0.717, 1.165) is 25.9 Å². The lowest BCUT2D eigenvalue weighted by Crippen LogP contribution is -2.45. The van der Waals surface area contributed by atoms with Gasteiger partial charge >= 0.3 is 0 Å². The van der Waals surface area contributed by atoms with E-state index in [1.807, 2.05) is 25.1 Å². The van der Waals surface area contributed by atoms with Crippen LogP contribution in [0.2, 0.25) is 0 Å². The summed E-state index contributed by atoms with van der Waals surface area (Å²) in [4.78, 5) is 19.0. The van der Waals surface area contributed by atoms with Gasteiger partial charge in [0.1, 0.15) is 17.5 Å². The third-order valence-corrected chi connectivity index (χ3v) is 5.99. The Morgan fingerprint density at radius 2 is 1.69 bits per heavy atom. The van der Waals surface area contributed by atoms with Crippen molar-refractivity contribution in [3.8, 4) is 0 Å². The van der Waals surface area contributed by atoms with E-state index in [-0.39, 0.29) is 29.6 Å². The summed E-state index contributed by atoms with van der Waals surface area (Å²) in [5, 5.41) is 0. The minimum absolute atomic E-state index is 0.183. The summed E-state index contributed by atoms with van der Waals surface area (Å²) in [6.07, 6.45) is 1.64. The standard InChI is InChI=1S/C25H32F3N3O/c1-29(2)13-14-31(25(32)15-21-23(27)10-5-11-24(21)28)17-19-7-6-12-30(16-19)18-20-8-3-4-9-22(20)26/h3-5,8-11,19H,6-7,12-18H2,1-2H3/t19-/m0/s1. The van der Waals surface area contributed by atoms with Crippen LogP contribution in [0.3, 0.4) is 0 Å². The van der Waals surface area contributed by atoms with Crippen molar-refractivity contribution >= 4 is 5.91 Å². The Balaban J connectivity index is 1.66. The smallest absolute Gasteiger partial charge is 0.227 e. The lowest BCUT2D eigenvalue weighted by atomic mass is 9.96. The summed E-state index contributed by atoms with van der Waals surface area (Å²) in [6.45, 7) is 3.86. The average molecular weight is 448 g/mol. The molecule has 4 nitrogen and oxygen atoms in total. The highest BCUT2D eigenvalue weighted by Crippen LogP contribution is 2.22. The Hall–Kier alpha value is -2.38. The highest BCUT2D eigenvalue weighted by atomic mass is 19.1. The lowest BCUT2D eigenvalue weighted by Gasteiger charge is -2.36. The predicted molar refractivity (Wildman–Crippen MR) is 120 cm³/mol. The number of halogens is 3. The molecule has 1 fully saturated rings. The van der Waals surface area contributed by atoms with Crippen LogP contribution in [0.1, 0.15) is 24.0 Å². The minimum atomic E-state index is -0.695. The van der Waals surface area contributed by atoms with E-state index in [9.17, 15) is 18.0 Å². The zero-order valence-corrected chi connectivity index (χ0v) is 18.9. The number of piperidine rings is 1. The second-order valence-electron chi connectivity index (χ2n) is 8.85. The quantitative estimate of drug-likeness (QED) is 0.583. The van der Waals surface area contributed by atoms with Crippen molar-refractivity contribution in [2.75, 3.05) is 46.8 Å². The SMILES string of the molecule is CN(C)CCN(C[C@H]1CCCN(Cc2ccccc2F)C1)C(=O)Cc1c(F)cccc1F. The number of carbonyl (C=O) groups excluding carboxylic acids is 1. The number of amides is 1. The number of nitrogens with zero attached hydrogens (tertiary/aromatic N) is 3. The first-order valence-electron chi connectivity index (χ1n) is 11.1. The predicted octanol–water partition coefficient (Wildman–Crippen LogP) is 3.95. The van der Waals surface area contributed by atoms with Crippen molar-refractivity contribution in [1.29, 1.82) is 0 Å². The molecule has 0 aliphatic carbocycles. The highest BCUT2D eigenvalue weighted by Gasteiger charge is 2.26. The molecule has 0 radical (unpaired) electrons. The molecular weight excluding hydrogens is 415 g/mol. The Labute approximate surface area is 188 Å². The fourth-order valence-corrected chi connectivity index (χ4v) is 4.23. The third kappa shape index (κ3) is 6.81. The number of benzene rings is 2. The summed E-state index contributed by atoms with van der Waals surface area (Å²) in [5.74, 6) is -1.64. The van der Waals surface area contributed by atoms with Crippen molar-refractivity contribution in [3.63, 3.8) is 0 Å². The molecule has 3 rings (SSSR count). The van der Waals surface area contributed by atoms with Crippen LogP contribution in [0.4, 0.5) is 13.2 Å². The van der Waals surface area contributed by atoms with Gasteiger partial charge in [-0.25, -0.2) is 13.2 Å². The molecule has 1 aliphatic heterocycles. The maximum atomic E-state index is 14.1. The van der Waals surface area contributed by atoms with Gasteiger partial charge < -0.3 is 9.80 Å². The van der Waals surface area contributed by atoms with Crippen molar-refractivity contribution < 1.29 is 18.0 Å². The van der Waals surface area contributed by atoms with Crippen LogP contribution >= 0.6 is 0 Å². The molecule has 32 heavy (non-hydrogen) atoms. The van der Waals surface area contributed by atoms with E-state index in [0.29, 0.717) is 31.7 Å². The number of hydrogen-bond acceptors (Lipinski definition) is 3. The minimum Gasteiger partial charge on any atom is -0.341 e. The molecule has 2 aromatic rings.